The Kier molecular flexibility index (Phi) is 5.98. The minimum absolute atomic E-state index is 0.0173. The van der Waals surface area contributed by atoms with Crippen molar-refractivity contribution < 1.29 is 4.74 Å². The van der Waals surface area contributed by atoms with Crippen LogP contribution >= 0.6 is 11.6 Å². The molecule has 3 aromatic rings. The van der Waals surface area contributed by atoms with Crippen LogP contribution in [0, 0.1) is 0 Å². The predicted octanol–water partition coefficient (Wildman–Crippen LogP) is 6.07. The minimum atomic E-state index is -0.0173. The summed E-state index contributed by atoms with van der Waals surface area (Å²) in [6.07, 6.45) is 7.35. The molecule has 0 aliphatic rings. The molecule has 4 heteroatoms. The zero-order valence-electron chi connectivity index (χ0n) is 14.6. The Balaban J connectivity index is 1.79. The predicted molar refractivity (Wildman–Crippen MR) is 106 cm³/mol. The number of pyridine rings is 1. The maximum atomic E-state index is 12.7. The van der Waals surface area contributed by atoms with E-state index in [0.29, 0.717) is 22.4 Å². The molecule has 3 nitrogen and oxygen atoms in total. The van der Waals surface area contributed by atoms with E-state index in [1.54, 1.807) is 12.1 Å². The van der Waals surface area contributed by atoms with Gasteiger partial charge in [0.25, 0.3) is 0 Å². The van der Waals surface area contributed by atoms with Gasteiger partial charge < -0.3 is 9.72 Å². The standard InChI is InChI=1S/C21H24ClNO2/c1-2-3-4-5-6-7-13-25-19-10-8-9-16-20(19)23-18-12-11-15(22)14-17(18)21(16)24/h8-12,14H,2-7,13H2,1H3,(H,23,24). The van der Waals surface area contributed by atoms with Crippen LogP contribution in [0.25, 0.3) is 21.8 Å². The highest BCUT2D eigenvalue weighted by Crippen LogP contribution is 2.25. The number of unbranched alkanes of at least 4 members (excludes halogenated alkanes) is 5. The van der Waals surface area contributed by atoms with E-state index >= 15 is 0 Å². The summed E-state index contributed by atoms with van der Waals surface area (Å²) in [7, 11) is 0. The Morgan fingerprint density at radius 3 is 2.64 bits per heavy atom. The van der Waals surface area contributed by atoms with E-state index in [2.05, 4.69) is 11.9 Å². The number of aromatic nitrogens is 1. The van der Waals surface area contributed by atoms with E-state index < -0.39 is 0 Å². The number of hydrogen-bond acceptors (Lipinski definition) is 2. The highest BCUT2D eigenvalue weighted by atomic mass is 35.5. The van der Waals surface area contributed by atoms with Gasteiger partial charge in [-0.25, -0.2) is 0 Å². The lowest BCUT2D eigenvalue weighted by molar-refractivity contribution is 0.307. The summed E-state index contributed by atoms with van der Waals surface area (Å²) < 4.78 is 5.96. The van der Waals surface area contributed by atoms with Crippen LogP contribution in [-0.2, 0) is 0 Å². The zero-order chi connectivity index (χ0) is 17.6. The number of halogens is 1. The van der Waals surface area contributed by atoms with Crippen molar-refractivity contribution in [3.8, 4) is 5.75 Å². The maximum Gasteiger partial charge on any atom is 0.197 e. The van der Waals surface area contributed by atoms with Gasteiger partial charge in [-0.15, -0.1) is 0 Å². The Bertz CT molecular complexity index is 917. The number of hydrogen-bond donors (Lipinski definition) is 1. The van der Waals surface area contributed by atoms with Gasteiger partial charge in [-0.3, -0.25) is 4.79 Å². The number of ether oxygens (including phenoxy) is 1. The molecule has 0 fully saturated rings. The molecule has 0 radical (unpaired) electrons. The van der Waals surface area contributed by atoms with Gasteiger partial charge in [-0.2, -0.15) is 0 Å². The first-order chi connectivity index (χ1) is 12.2. The van der Waals surface area contributed by atoms with Gasteiger partial charge in [0.2, 0.25) is 0 Å². The Morgan fingerprint density at radius 1 is 1.00 bits per heavy atom. The molecule has 0 aliphatic heterocycles. The van der Waals surface area contributed by atoms with E-state index in [1.165, 1.54) is 32.1 Å². The van der Waals surface area contributed by atoms with Crippen LogP contribution in [0.15, 0.2) is 41.2 Å². The van der Waals surface area contributed by atoms with Gasteiger partial charge in [0.1, 0.15) is 5.75 Å². The second-order valence-corrected chi connectivity index (χ2v) is 6.88. The van der Waals surface area contributed by atoms with Gasteiger partial charge in [0.15, 0.2) is 5.43 Å². The zero-order valence-corrected chi connectivity index (χ0v) is 15.4. The lowest BCUT2D eigenvalue weighted by atomic mass is 10.1. The van der Waals surface area contributed by atoms with Crippen molar-refractivity contribution in [2.24, 2.45) is 0 Å². The Labute approximate surface area is 153 Å². The number of aromatic amines is 1. The van der Waals surface area contributed by atoms with Crippen molar-refractivity contribution in [1.29, 1.82) is 0 Å². The van der Waals surface area contributed by atoms with Crippen LogP contribution in [0.1, 0.15) is 45.4 Å². The molecular weight excluding hydrogens is 334 g/mol. The highest BCUT2D eigenvalue weighted by Gasteiger charge is 2.10. The highest BCUT2D eigenvalue weighted by molar-refractivity contribution is 6.31. The average Bonchev–Trinajstić information content (AvgIpc) is 2.62. The topological polar surface area (TPSA) is 42.1 Å². The molecule has 0 saturated carbocycles. The SMILES string of the molecule is CCCCCCCCOc1cccc2c(=O)c3cc(Cl)ccc3[nH]c12. The number of nitrogens with one attached hydrogen (secondary N) is 1. The third-order valence-electron chi connectivity index (χ3n) is 4.51. The second-order valence-electron chi connectivity index (χ2n) is 6.44. The van der Waals surface area contributed by atoms with Crippen molar-refractivity contribution in [3.05, 3.63) is 51.6 Å². The first-order valence-corrected chi connectivity index (χ1v) is 9.45. The van der Waals surface area contributed by atoms with Gasteiger partial charge in [0, 0.05) is 21.3 Å². The molecule has 0 unspecified atom stereocenters. The minimum Gasteiger partial charge on any atom is -0.491 e. The van der Waals surface area contributed by atoms with Crippen LogP contribution in [0.5, 0.6) is 5.75 Å². The molecule has 3 rings (SSSR count). The number of H-pyrrole nitrogens is 1. The van der Waals surface area contributed by atoms with Crippen LogP contribution in [0.2, 0.25) is 5.02 Å². The van der Waals surface area contributed by atoms with E-state index in [4.69, 9.17) is 16.3 Å². The molecule has 1 N–H and O–H groups in total. The van der Waals surface area contributed by atoms with Gasteiger partial charge >= 0.3 is 0 Å². The summed E-state index contributed by atoms with van der Waals surface area (Å²) in [6, 6.07) is 10.9. The van der Waals surface area contributed by atoms with Crippen LogP contribution in [0.3, 0.4) is 0 Å². The van der Waals surface area contributed by atoms with Crippen molar-refractivity contribution in [2.75, 3.05) is 6.61 Å². The number of rotatable bonds is 8. The Morgan fingerprint density at radius 2 is 1.80 bits per heavy atom. The van der Waals surface area contributed by atoms with Crippen molar-refractivity contribution in [1.82, 2.24) is 4.98 Å². The van der Waals surface area contributed by atoms with Crippen molar-refractivity contribution in [2.45, 2.75) is 45.4 Å². The molecule has 2 aromatic carbocycles. The molecule has 0 spiro atoms. The molecule has 1 heterocycles. The summed E-state index contributed by atoms with van der Waals surface area (Å²) >= 11 is 6.03. The first kappa shape index (κ1) is 17.8. The number of benzene rings is 2. The van der Waals surface area contributed by atoms with Crippen LogP contribution in [0.4, 0.5) is 0 Å². The third-order valence-corrected chi connectivity index (χ3v) is 4.75. The molecule has 0 aliphatic carbocycles. The summed E-state index contributed by atoms with van der Waals surface area (Å²) in [6.45, 7) is 2.90. The monoisotopic (exact) mass is 357 g/mol. The van der Waals surface area contributed by atoms with Crippen LogP contribution in [-0.4, -0.2) is 11.6 Å². The smallest absolute Gasteiger partial charge is 0.197 e. The molecule has 0 atom stereocenters. The summed E-state index contributed by atoms with van der Waals surface area (Å²) in [5.74, 6) is 0.736. The fourth-order valence-corrected chi connectivity index (χ4v) is 3.30. The Hall–Kier alpha value is -2.00. The lowest BCUT2D eigenvalue weighted by Crippen LogP contribution is -2.06. The van der Waals surface area contributed by atoms with E-state index in [1.807, 2.05) is 24.3 Å². The average molecular weight is 358 g/mol. The lowest BCUT2D eigenvalue weighted by Gasteiger charge is -2.10. The molecule has 132 valence electrons. The molecule has 0 saturated heterocycles. The maximum absolute atomic E-state index is 12.7. The largest absolute Gasteiger partial charge is 0.491 e. The normalized spacial score (nSPS) is 11.3. The molecule has 25 heavy (non-hydrogen) atoms. The molecule has 0 amide bonds. The fourth-order valence-electron chi connectivity index (χ4n) is 3.13. The summed E-state index contributed by atoms with van der Waals surface area (Å²) in [5.41, 5.74) is 1.52. The third kappa shape index (κ3) is 4.16. The molecule has 0 bridgehead atoms. The molecular formula is C21H24ClNO2. The summed E-state index contributed by atoms with van der Waals surface area (Å²) in [5, 5.41) is 1.80. The number of fused-ring (bicyclic) bond motifs is 2. The van der Waals surface area contributed by atoms with E-state index in [-0.39, 0.29) is 5.43 Å². The fraction of sp³-hybridized carbons (Fsp3) is 0.381. The van der Waals surface area contributed by atoms with E-state index in [0.717, 1.165) is 23.2 Å². The second kappa shape index (κ2) is 8.39. The number of para-hydroxylation sites is 1. The first-order valence-electron chi connectivity index (χ1n) is 9.08. The molecule has 1 aromatic heterocycles. The van der Waals surface area contributed by atoms with Gasteiger partial charge in [-0.05, 0) is 36.8 Å². The summed E-state index contributed by atoms with van der Waals surface area (Å²) in [4.78, 5) is 16.1. The van der Waals surface area contributed by atoms with Crippen molar-refractivity contribution in [3.63, 3.8) is 0 Å². The van der Waals surface area contributed by atoms with E-state index in [9.17, 15) is 4.79 Å². The van der Waals surface area contributed by atoms with Crippen molar-refractivity contribution >= 4 is 33.4 Å². The van der Waals surface area contributed by atoms with Crippen LogP contribution < -0.4 is 10.2 Å². The van der Waals surface area contributed by atoms with Gasteiger partial charge in [-0.1, -0.05) is 56.7 Å². The quantitative estimate of drug-likeness (QED) is 0.392. The van der Waals surface area contributed by atoms with Gasteiger partial charge in [0.05, 0.1) is 12.1 Å².